The lowest BCUT2D eigenvalue weighted by Crippen LogP contribution is -2.66. The van der Waals surface area contributed by atoms with E-state index in [-0.39, 0.29) is 15.6 Å². The molecule has 0 N–H and O–H groups in total. The van der Waals surface area contributed by atoms with E-state index in [1.165, 1.54) is 10.4 Å². The van der Waals surface area contributed by atoms with Crippen molar-refractivity contribution >= 4 is 30.1 Å². The second-order valence-electron chi connectivity index (χ2n) is 11.3. The maximum Gasteiger partial charge on any atom is 0.273 e. The number of hydrogen-bond acceptors (Lipinski definition) is 6. The van der Waals surface area contributed by atoms with Gasteiger partial charge in [0.1, 0.15) is 5.75 Å². The lowest BCUT2D eigenvalue weighted by atomic mass is 10.2. The Hall–Kier alpha value is -3.20. The zero-order valence-electron chi connectivity index (χ0n) is 23.6. The Labute approximate surface area is 233 Å². The van der Waals surface area contributed by atoms with Crippen LogP contribution in [0, 0.1) is 10.1 Å². The molecule has 1 saturated heterocycles. The minimum atomic E-state index is -2.56. The highest BCUT2D eigenvalue weighted by molar-refractivity contribution is 6.99. The van der Waals surface area contributed by atoms with Crippen molar-refractivity contribution < 1.29 is 14.1 Å². The van der Waals surface area contributed by atoms with Crippen molar-refractivity contribution in [2.75, 3.05) is 51.3 Å². The molecule has 0 saturated carbocycles. The van der Waals surface area contributed by atoms with E-state index in [0.717, 1.165) is 44.7 Å². The number of likely N-dealkylation sites (N-methyl/N-ethyl adjacent to an activating group) is 1. The van der Waals surface area contributed by atoms with Gasteiger partial charge in [0.25, 0.3) is 14.0 Å². The first-order valence-electron chi connectivity index (χ1n) is 13.8. The summed E-state index contributed by atoms with van der Waals surface area (Å²) >= 11 is 0. The van der Waals surface area contributed by atoms with Gasteiger partial charge in [0.2, 0.25) is 0 Å². The lowest BCUT2D eigenvalue weighted by Gasteiger charge is -2.43. The second-order valence-corrected chi connectivity index (χ2v) is 15.6. The summed E-state index contributed by atoms with van der Waals surface area (Å²) in [5.74, 6) is 0.585. The molecule has 1 aliphatic rings. The summed E-state index contributed by atoms with van der Waals surface area (Å²) in [5.41, 5.74) is 0.982. The molecule has 1 heterocycles. The fourth-order valence-electron chi connectivity index (χ4n) is 5.41. The number of piperazine rings is 1. The molecule has 0 atom stereocenters. The summed E-state index contributed by atoms with van der Waals surface area (Å²) in [6.07, 6.45) is 1.63. The molecule has 0 amide bonds. The molecule has 0 aromatic heterocycles. The molecule has 0 unspecified atom stereocenters. The van der Waals surface area contributed by atoms with Crippen molar-refractivity contribution in [3.63, 3.8) is 0 Å². The molecular weight excluding hydrogens is 506 g/mol. The highest BCUT2D eigenvalue weighted by Crippen LogP contribution is 2.37. The molecule has 0 radical (unpaired) electrons. The Morgan fingerprint density at radius 3 is 1.95 bits per heavy atom. The number of nitro benzene ring substituents is 1. The highest BCUT2D eigenvalue weighted by Gasteiger charge is 2.49. The Morgan fingerprint density at radius 1 is 0.846 bits per heavy atom. The van der Waals surface area contributed by atoms with Crippen LogP contribution in [-0.2, 0) is 4.43 Å². The summed E-state index contributed by atoms with van der Waals surface area (Å²) in [4.78, 5) is 15.6. The van der Waals surface area contributed by atoms with Gasteiger partial charge in [-0.1, -0.05) is 81.4 Å². The number of nitro groups is 1. The van der Waals surface area contributed by atoms with E-state index < -0.39 is 8.32 Å². The largest absolute Gasteiger partial charge is 0.491 e. The second kappa shape index (κ2) is 12.8. The van der Waals surface area contributed by atoms with E-state index >= 15 is 0 Å². The van der Waals surface area contributed by atoms with Gasteiger partial charge in [-0.25, -0.2) is 0 Å². The van der Waals surface area contributed by atoms with Crippen LogP contribution in [0.3, 0.4) is 0 Å². The van der Waals surface area contributed by atoms with Gasteiger partial charge >= 0.3 is 0 Å². The third-order valence-electron chi connectivity index (χ3n) is 7.53. The Kier molecular flexibility index (Phi) is 9.43. The first-order chi connectivity index (χ1) is 18.7. The van der Waals surface area contributed by atoms with Crippen LogP contribution < -0.4 is 20.0 Å². The van der Waals surface area contributed by atoms with E-state index in [1.807, 2.05) is 6.07 Å². The van der Waals surface area contributed by atoms with Crippen LogP contribution >= 0.6 is 0 Å². The average Bonchev–Trinajstić information content (AvgIpc) is 2.93. The molecule has 1 fully saturated rings. The van der Waals surface area contributed by atoms with Gasteiger partial charge in [-0.15, -0.1) is 0 Å². The quantitative estimate of drug-likeness (QED) is 0.144. The fourth-order valence-corrected chi connectivity index (χ4v) is 10.0. The van der Waals surface area contributed by atoms with Gasteiger partial charge in [-0.2, -0.15) is 0 Å². The van der Waals surface area contributed by atoms with Crippen molar-refractivity contribution in [2.24, 2.45) is 0 Å². The van der Waals surface area contributed by atoms with E-state index in [2.05, 4.69) is 98.3 Å². The molecule has 1 aliphatic heterocycles. The third kappa shape index (κ3) is 6.69. The van der Waals surface area contributed by atoms with Gasteiger partial charge < -0.3 is 19.0 Å². The van der Waals surface area contributed by atoms with Crippen LogP contribution in [0.15, 0.2) is 78.9 Å². The molecule has 3 aromatic carbocycles. The predicted octanol–water partition coefficient (Wildman–Crippen LogP) is 5.08. The number of nitrogens with zero attached hydrogens (tertiary/aromatic N) is 3. The molecule has 0 aliphatic carbocycles. The Morgan fingerprint density at radius 2 is 1.41 bits per heavy atom. The van der Waals surface area contributed by atoms with Crippen LogP contribution in [0.5, 0.6) is 5.75 Å². The average molecular weight is 548 g/mol. The monoisotopic (exact) mass is 547 g/mol. The molecular formula is C31H41N3O4Si. The summed E-state index contributed by atoms with van der Waals surface area (Å²) in [7, 11) is -0.447. The van der Waals surface area contributed by atoms with Gasteiger partial charge in [-0.05, 0) is 41.4 Å². The molecule has 7 nitrogen and oxygen atoms in total. The van der Waals surface area contributed by atoms with E-state index in [1.54, 1.807) is 12.1 Å². The Bertz CT molecular complexity index is 1170. The van der Waals surface area contributed by atoms with E-state index in [9.17, 15) is 10.1 Å². The van der Waals surface area contributed by atoms with Crippen LogP contribution in [0.25, 0.3) is 0 Å². The van der Waals surface area contributed by atoms with Crippen LogP contribution in [0.1, 0.15) is 33.6 Å². The molecule has 208 valence electrons. The fraction of sp³-hybridized carbons (Fsp3) is 0.419. The van der Waals surface area contributed by atoms with Gasteiger partial charge in [0, 0.05) is 38.9 Å². The smallest absolute Gasteiger partial charge is 0.273 e. The first kappa shape index (κ1) is 28.8. The number of ether oxygens (including phenoxy) is 1. The van der Waals surface area contributed by atoms with Crippen LogP contribution in [0.2, 0.25) is 5.04 Å². The minimum absolute atomic E-state index is 0.0536. The van der Waals surface area contributed by atoms with E-state index in [0.29, 0.717) is 19.0 Å². The van der Waals surface area contributed by atoms with E-state index in [4.69, 9.17) is 9.16 Å². The van der Waals surface area contributed by atoms with Crippen molar-refractivity contribution in [3.05, 3.63) is 89.0 Å². The summed E-state index contributed by atoms with van der Waals surface area (Å²) in [5, 5.41) is 13.9. The number of benzene rings is 3. The maximum atomic E-state index is 11.4. The van der Waals surface area contributed by atoms with Crippen LogP contribution in [0.4, 0.5) is 11.4 Å². The van der Waals surface area contributed by atoms with Gasteiger partial charge in [0.05, 0.1) is 23.3 Å². The van der Waals surface area contributed by atoms with Gasteiger partial charge in [-0.3, -0.25) is 10.1 Å². The molecule has 39 heavy (non-hydrogen) atoms. The lowest BCUT2D eigenvalue weighted by molar-refractivity contribution is -0.384. The minimum Gasteiger partial charge on any atom is -0.491 e. The maximum absolute atomic E-state index is 11.4. The molecule has 0 spiro atoms. The molecule has 0 bridgehead atoms. The zero-order valence-corrected chi connectivity index (χ0v) is 24.6. The number of hydrogen-bond donors (Lipinski definition) is 0. The first-order valence-corrected chi connectivity index (χ1v) is 15.7. The number of anilines is 1. The van der Waals surface area contributed by atoms with Crippen LogP contribution in [-0.4, -0.2) is 64.6 Å². The molecule has 8 heteroatoms. The number of unbranched alkanes of at least 4 members (excludes halogenated alkanes) is 1. The normalized spacial score (nSPS) is 14.8. The topological polar surface area (TPSA) is 68.1 Å². The predicted molar refractivity (Wildman–Crippen MR) is 161 cm³/mol. The third-order valence-corrected chi connectivity index (χ3v) is 12.6. The van der Waals surface area contributed by atoms with Crippen molar-refractivity contribution in [2.45, 2.75) is 38.7 Å². The number of non-ortho nitro benzene ring substituents is 1. The van der Waals surface area contributed by atoms with Crippen molar-refractivity contribution in [3.8, 4) is 5.75 Å². The summed E-state index contributed by atoms with van der Waals surface area (Å²) in [6, 6.07) is 26.3. The zero-order chi connectivity index (χ0) is 27.9. The van der Waals surface area contributed by atoms with Crippen molar-refractivity contribution in [1.29, 1.82) is 0 Å². The van der Waals surface area contributed by atoms with Gasteiger partial charge in [0.15, 0.2) is 0 Å². The summed E-state index contributed by atoms with van der Waals surface area (Å²) in [6.45, 7) is 11.6. The SMILES string of the molecule is CN1CCN(c2ccc([N+](=O)[O-])cc2OCCCCO[Si](c2ccccc2)(c2ccccc2)C(C)(C)C)CC1. The number of rotatable bonds is 11. The Balaban J connectivity index is 1.43. The standard InChI is InChI=1S/C31H41N3O4Si/c1-31(2,3)39(27-13-7-5-8-14-27,28-15-9-6-10-16-28)38-24-12-11-23-37-30-25-26(34(35)36)17-18-29(30)33-21-19-32(4)20-22-33/h5-10,13-18,25H,11-12,19-24H2,1-4H3. The molecule has 4 rings (SSSR count). The molecule has 3 aromatic rings. The van der Waals surface area contributed by atoms with Crippen molar-refractivity contribution in [1.82, 2.24) is 4.90 Å². The highest BCUT2D eigenvalue weighted by atomic mass is 28.4. The summed E-state index contributed by atoms with van der Waals surface area (Å²) < 4.78 is 13.2.